The van der Waals surface area contributed by atoms with Crippen molar-refractivity contribution in [3.63, 3.8) is 0 Å². The van der Waals surface area contributed by atoms with E-state index in [1.165, 1.54) is 23.9 Å². The first-order valence-corrected chi connectivity index (χ1v) is 10.0. The number of rotatable bonds is 6. The lowest BCUT2D eigenvalue weighted by atomic mass is 10.1. The maximum absolute atomic E-state index is 13.0. The third kappa shape index (κ3) is 4.95. The summed E-state index contributed by atoms with van der Waals surface area (Å²) in [6.07, 6.45) is 0. The Hall–Kier alpha value is -2.19. The number of hydrogen-bond acceptors (Lipinski definition) is 4. The Balaban J connectivity index is 1.61. The summed E-state index contributed by atoms with van der Waals surface area (Å²) < 4.78 is 13.9. The fraction of sp³-hybridized carbons (Fsp3) is 0.211. The van der Waals surface area contributed by atoms with Gasteiger partial charge in [-0.15, -0.1) is 5.10 Å². The van der Waals surface area contributed by atoms with Gasteiger partial charge in [0.2, 0.25) is 11.1 Å². The zero-order valence-corrected chi connectivity index (χ0v) is 17.1. The van der Waals surface area contributed by atoms with Crippen LogP contribution in [0.3, 0.4) is 0 Å². The number of nitrogens with one attached hydrogen (secondary N) is 2. The van der Waals surface area contributed by atoms with Crippen LogP contribution in [-0.2, 0) is 4.79 Å². The Morgan fingerprint density at radius 1 is 1.19 bits per heavy atom. The van der Waals surface area contributed by atoms with Crippen molar-refractivity contribution in [3.8, 4) is 11.4 Å². The fourth-order valence-electron chi connectivity index (χ4n) is 2.45. The van der Waals surface area contributed by atoms with Crippen LogP contribution in [0.2, 0.25) is 0 Å². The molecule has 3 aromatic rings. The molecule has 0 aliphatic heterocycles. The standard InChI is InChI=1S/C19H18BrFN4OS/c1-11(13-7-9-14(21)10-8-13)22-18(26)12(2)27-19-23-17(24-25-19)15-5-3-4-6-16(15)20/h3-12H,1-2H3,(H,22,26)(H,23,24,25)/t11-,12+/m0/s1. The van der Waals surface area contributed by atoms with Crippen molar-refractivity contribution in [1.82, 2.24) is 20.5 Å². The Morgan fingerprint density at radius 3 is 2.59 bits per heavy atom. The van der Waals surface area contributed by atoms with Gasteiger partial charge in [-0.2, -0.15) is 0 Å². The molecule has 0 aliphatic carbocycles. The molecule has 1 amide bonds. The van der Waals surface area contributed by atoms with E-state index in [0.29, 0.717) is 11.0 Å². The van der Waals surface area contributed by atoms with Gasteiger partial charge in [-0.3, -0.25) is 9.89 Å². The van der Waals surface area contributed by atoms with E-state index in [0.717, 1.165) is 15.6 Å². The molecule has 0 bridgehead atoms. The first-order valence-electron chi connectivity index (χ1n) is 8.34. The van der Waals surface area contributed by atoms with E-state index in [2.05, 4.69) is 36.4 Å². The topological polar surface area (TPSA) is 70.7 Å². The lowest BCUT2D eigenvalue weighted by Gasteiger charge is -2.17. The van der Waals surface area contributed by atoms with Gasteiger partial charge in [-0.1, -0.05) is 58.0 Å². The first-order chi connectivity index (χ1) is 12.9. The molecule has 27 heavy (non-hydrogen) atoms. The van der Waals surface area contributed by atoms with Crippen LogP contribution in [0.1, 0.15) is 25.5 Å². The van der Waals surface area contributed by atoms with Crippen LogP contribution in [0.15, 0.2) is 58.2 Å². The van der Waals surface area contributed by atoms with Gasteiger partial charge in [0.05, 0.1) is 11.3 Å². The van der Waals surface area contributed by atoms with Crippen molar-refractivity contribution in [2.45, 2.75) is 30.3 Å². The van der Waals surface area contributed by atoms with E-state index in [4.69, 9.17) is 0 Å². The number of aromatic amines is 1. The quantitative estimate of drug-likeness (QED) is 0.534. The summed E-state index contributed by atoms with van der Waals surface area (Å²) in [5, 5.41) is 10.1. The second-order valence-electron chi connectivity index (χ2n) is 5.99. The van der Waals surface area contributed by atoms with E-state index < -0.39 is 0 Å². The number of carbonyl (C=O) groups excluding carboxylic acids is 1. The second-order valence-corrected chi connectivity index (χ2v) is 8.15. The molecule has 5 nitrogen and oxygen atoms in total. The predicted octanol–water partition coefficient (Wildman–Crippen LogP) is 4.73. The number of nitrogens with zero attached hydrogens (tertiary/aromatic N) is 2. The number of carbonyl (C=O) groups is 1. The number of H-pyrrole nitrogens is 1. The molecule has 0 unspecified atom stereocenters. The number of aromatic nitrogens is 3. The fourth-order valence-corrected chi connectivity index (χ4v) is 3.66. The summed E-state index contributed by atoms with van der Waals surface area (Å²) in [5.41, 5.74) is 1.75. The number of benzene rings is 2. The Kier molecular flexibility index (Phi) is 6.28. The van der Waals surface area contributed by atoms with Crippen molar-refractivity contribution in [2.24, 2.45) is 0 Å². The highest BCUT2D eigenvalue weighted by atomic mass is 79.9. The van der Waals surface area contributed by atoms with E-state index in [1.807, 2.05) is 31.2 Å². The molecule has 0 saturated heterocycles. The average molecular weight is 449 g/mol. The Labute approximate surface area is 169 Å². The van der Waals surface area contributed by atoms with Gasteiger partial charge in [-0.25, -0.2) is 9.37 Å². The van der Waals surface area contributed by atoms with Crippen LogP contribution in [0.5, 0.6) is 0 Å². The molecule has 140 valence electrons. The second kappa shape index (κ2) is 8.67. The number of hydrogen-bond donors (Lipinski definition) is 2. The Bertz CT molecular complexity index is 931. The summed E-state index contributed by atoms with van der Waals surface area (Å²) in [7, 11) is 0. The van der Waals surface area contributed by atoms with Crippen molar-refractivity contribution >= 4 is 33.6 Å². The van der Waals surface area contributed by atoms with Gasteiger partial charge in [0.15, 0.2) is 5.82 Å². The van der Waals surface area contributed by atoms with Crippen molar-refractivity contribution in [1.29, 1.82) is 0 Å². The minimum Gasteiger partial charge on any atom is -0.349 e. The summed E-state index contributed by atoms with van der Waals surface area (Å²) in [5.74, 6) is 0.202. The molecule has 1 heterocycles. The smallest absolute Gasteiger partial charge is 0.233 e. The molecule has 3 rings (SSSR count). The first kappa shape index (κ1) is 19.6. The van der Waals surface area contributed by atoms with Crippen LogP contribution < -0.4 is 5.32 Å². The SMILES string of the molecule is C[C@H](NC(=O)[C@@H](C)Sc1n[nH]c(-c2ccccc2Br)n1)c1ccc(F)cc1. The molecule has 0 spiro atoms. The largest absolute Gasteiger partial charge is 0.349 e. The average Bonchev–Trinajstić information content (AvgIpc) is 3.10. The van der Waals surface area contributed by atoms with Gasteiger partial charge in [0.25, 0.3) is 0 Å². The van der Waals surface area contributed by atoms with Gasteiger partial charge in [0, 0.05) is 10.0 Å². The van der Waals surface area contributed by atoms with Crippen molar-refractivity contribution in [3.05, 3.63) is 64.4 Å². The molecule has 0 aliphatic rings. The normalized spacial score (nSPS) is 13.2. The molecule has 8 heteroatoms. The van der Waals surface area contributed by atoms with Crippen LogP contribution in [0, 0.1) is 5.82 Å². The monoisotopic (exact) mass is 448 g/mol. The van der Waals surface area contributed by atoms with Gasteiger partial charge < -0.3 is 5.32 Å². The molecule has 1 aromatic heterocycles. The van der Waals surface area contributed by atoms with E-state index in [-0.39, 0.29) is 23.0 Å². The van der Waals surface area contributed by atoms with Gasteiger partial charge in [0.1, 0.15) is 5.82 Å². The molecular weight excluding hydrogens is 431 g/mol. The highest BCUT2D eigenvalue weighted by molar-refractivity contribution is 9.10. The molecule has 2 atom stereocenters. The van der Waals surface area contributed by atoms with E-state index in [1.54, 1.807) is 19.1 Å². The molecule has 2 aromatic carbocycles. The van der Waals surface area contributed by atoms with Gasteiger partial charge in [-0.05, 0) is 37.6 Å². The van der Waals surface area contributed by atoms with E-state index >= 15 is 0 Å². The maximum atomic E-state index is 13.0. The maximum Gasteiger partial charge on any atom is 0.233 e. The third-order valence-corrected chi connectivity index (χ3v) is 5.63. The van der Waals surface area contributed by atoms with Gasteiger partial charge >= 0.3 is 0 Å². The zero-order chi connectivity index (χ0) is 19.4. The molecule has 0 radical (unpaired) electrons. The highest BCUT2D eigenvalue weighted by Crippen LogP contribution is 2.27. The van der Waals surface area contributed by atoms with E-state index in [9.17, 15) is 9.18 Å². The highest BCUT2D eigenvalue weighted by Gasteiger charge is 2.20. The van der Waals surface area contributed by atoms with Crippen molar-refractivity contribution in [2.75, 3.05) is 0 Å². The van der Waals surface area contributed by atoms with Crippen LogP contribution >= 0.6 is 27.7 Å². The number of amides is 1. The lowest BCUT2D eigenvalue weighted by Crippen LogP contribution is -2.33. The summed E-state index contributed by atoms with van der Waals surface area (Å²) in [6.45, 7) is 3.66. The summed E-state index contributed by atoms with van der Waals surface area (Å²) >= 11 is 4.76. The van der Waals surface area contributed by atoms with Crippen LogP contribution in [0.25, 0.3) is 11.4 Å². The van der Waals surface area contributed by atoms with Crippen molar-refractivity contribution < 1.29 is 9.18 Å². The summed E-state index contributed by atoms with van der Waals surface area (Å²) in [6, 6.07) is 13.6. The minimum absolute atomic E-state index is 0.135. The minimum atomic E-state index is -0.379. The third-order valence-electron chi connectivity index (χ3n) is 3.97. The Morgan fingerprint density at radius 2 is 1.89 bits per heavy atom. The molecule has 0 fully saturated rings. The summed E-state index contributed by atoms with van der Waals surface area (Å²) in [4.78, 5) is 16.9. The molecule has 2 N–H and O–H groups in total. The zero-order valence-electron chi connectivity index (χ0n) is 14.7. The predicted molar refractivity (Wildman–Crippen MR) is 108 cm³/mol. The van der Waals surface area contributed by atoms with Crippen LogP contribution in [0.4, 0.5) is 4.39 Å². The van der Waals surface area contributed by atoms with Crippen LogP contribution in [-0.4, -0.2) is 26.3 Å². The number of halogens is 2. The molecule has 0 saturated carbocycles. The number of thioether (sulfide) groups is 1. The lowest BCUT2D eigenvalue weighted by molar-refractivity contribution is -0.120. The molecular formula is C19H18BrFN4OS.